The van der Waals surface area contributed by atoms with Crippen molar-refractivity contribution in [1.82, 2.24) is 47.8 Å². The van der Waals surface area contributed by atoms with Crippen molar-refractivity contribution >= 4 is 167 Å². The van der Waals surface area contributed by atoms with Crippen molar-refractivity contribution < 1.29 is 47.9 Å². The van der Waals surface area contributed by atoms with E-state index in [1.165, 1.54) is 0 Å². The fourth-order valence-corrected chi connectivity index (χ4v) is 19.6. The van der Waals surface area contributed by atoms with Crippen LogP contribution in [0.15, 0.2) is 182 Å². The van der Waals surface area contributed by atoms with E-state index in [0.717, 1.165) is 303 Å². The molecule has 0 bridgehead atoms. The van der Waals surface area contributed by atoms with E-state index in [1.54, 1.807) is 13.8 Å². The quantitative estimate of drug-likeness (QED) is 0.0351. The Kier molecular flexibility index (Phi) is 36.2. The minimum absolute atomic E-state index is 0.0481. The molecular formula is C120H146N10O10. The number of benzene rings is 10. The average Bonchev–Trinajstić information content (AvgIpc) is 1.69. The zero-order valence-corrected chi connectivity index (χ0v) is 86.2. The molecule has 5 aromatic heterocycles. The second kappa shape index (κ2) is 48.2. The number of rotatable bonds is 43. The molecule has 10 aromatic carbocycles. The van der Waals surface area contributed by atoms with Gasteiger partial charge in [-0.1, -0.05) is 96.9 Å². The number of aromatic nitrogens is 5. The van der Waals surface area contributed by atoms with Crippen LogP contribution in [0.25, 0.3) is 109 Å². The van der Waals surface area contributed by atoms with Gasteiger partial charge in [-0.05, 0) is 301 Å². The van der Waals surface area contributed by atoms with E-state index in [0.29, 0.717) is 55.7 Å². The summed E-state index contributed by atoms with van der Waals surface area (Å²) in [6.07, 6.45) is 9.89. The van der Waals surface area contributed by atoms with Gasteiger partial charge in [-0.25, -0.2) is 0 Å². The first-order valence-corrected chi connectivity index (χ1v) is 51.7. The predicted molar refractivity (Wildman–Crippen MR) is 578 cm³/mol. The van der Waals surface area contributed by atoms with Crippen molar-refractivity contribution in [3.8, 4) is 0 Å². The maximum Gasteiger partial charge on any atom is 0.165 e. The molecule has 20 heteroatoms. The summed E-state index contributed by atoms with van der Waals surface area (Å²) in [4.78, 5) is 132. The van der Waals surface area contributed by atoms with Gasteiger partial charge in [-0.3, -0.25) is 47.9 Å². The molecule has 0 radical (unpaired) electrons. The Bertz CT molecular complexity index is 6730. The molecule has 0 spiro atoms. The largest absolute Gasteiger partial charge is 0.340 e. The molecule has 15 aromatic rings. The zero-order chi connectivity index (χ0) is 100. The lowest BCUT2D eigenvalue weighted by molar-refractivity contribution is 0.0960. The van der Waals surface area contributed by atoms with E-state index in [-0.39, 0.29) is 69.7 Å². The van der Waals surface area contributed by atoms with Crippen LogP contribution < -0.4 is 5.32 Å². The highest BCUT2D eigenvalue weighted by molar-refractivity contribution is 6.19. The summed E-state index contributed by atoms with van der Waals surface area (Å²) >= 11 is 0. The Balaban J connectivity index is 0.000000148. The molecule has 2 saturated carbocycles. The summed E-state index contributed by atoms with van der Waals surface area (Å²) in [6.45, 7) is 47.5. The molecule has 736 valence electrons. The van der Waals surface area contributed by atoms with Gasteiger partial charge in [0, 0.05) is 280 Å². The van der Waals surface area contributed by atoms with Crippen molar-refractivity contribution in [3.05, 3.63) is 238 Å². The molecule has 0 aliphatic heterocycles. The Labute approximate surface area is 826 Å². The second-order valence-electron chi connectivity index (χ2n) is 38.3. The first kappa shape index (κ1) is 105. The number of nitrogens with zero attached hydrogens (tertiary/aromatic N) is 9. The SMILES string of the molecule is CC(=O)c1ccc2c(c1)c1cc(C(C)=O)ccc1n2CCNC(C)C.CCC(=O)c1ccc2c(c1)c1cc(C(=O)CC)ccc1n2CCCN(C)C.CCC(=O)c1ccc2c(c1)c1cc(C(=O)CC)ccc1n2CCN(CC)CC.CCCC(=O)c1ccc2c(c1)c1cc(C(=O)CCC)ccc1n2CCN(CC)CC.CCN(CC)CCn1c2ccc(C(=O)C3CC3)cc2c2cc(C(=O)C3CC3)ccc21. The number of ketones is 10. The normalized spacial score (nSPS) is 12.7. The van der Waals surface area contributed by atoms with Crippen molar-refractivity contribution in [3.63, 3.8) is 0 Å². The number of Topliss-reactive ketones (excluding diaryl/α,β-unsaturated/α-hetero) is 10. The summed E-state index contributed by atoms with van der Waals surface area (Å²) in [5, 5.41) is 14.0. The summed E-state index contributed by atoms with van der Waals surface area (Å²) in [6, 6.07) is 60.4. The average molecular weight is 1890 g/mol. The maximum atomic E-state index is 12.7. The van der Waals surface area contributed by atoms with Gasteiger partial charge in [0.2, 0.25) is 0 Å². The second-order valence-corrected chi connectivity index (χ2v) is 38.3. The number of fused-ring (bicyclic) bond motifs is 15. The summed E-state index contributed by atoms with van der Waals surface area (Å²) in [5.41, 5.74) is 18.7. The summed E-state index contributed by atoms with van der Waals surface area (Å²) in [7, 11) is 4.16. The molecule has 2 aliphatic carbocycles. The molecule has 2 fully saturated rings. The predicted octanol–water partition coefficient (Wildman–Crippen LogP) is 25.9. The lowest BCUT2D eigenvalue weighted by Crippen LogP contribution is -2.26. The van der Waals surface area contributed by atoms with Crippen LogP contribution in [0, 0.1) is 11.8 Å². The third-order valence-electron chi connectivity index (χ3n) is 28.3. The van der Waals surface area contributed by atoms with Gasteiger partial charge < -0.3 is 47.8 Å². The monoisotopic (exact) mass is 1890 g/mol. The molecule has 5 heterocycles. The third-order valence-corrected chi connectivity index (χ3v) is 28.3. The highest BCUT2D eigenvalue weighted by atomic mass is 16.2. The first-order chi connectivity index (χ1) is 67.5. The van der Waals surface area contributed by atoms with Gasteiger partial charge >= 0.3 is 0 Å². The van der Waals surface area contributed by atoms with Crippen LogP contribution >= 0.6 is 0 Å². The van der Waals surface area contributed by atoms with E-state index in [4.69, 9.17) is 0 Å². The van der Waals surface area contributed by atoms with Crippen LogP contribution in [0.5, 0.6) is 0 Å². The van der Waals surface area contributed by atoms with E-state index in [2.05, 4.69) is 178 Å². The Hall–Kier alpha value is -12.3. The number of nitrogens with one attached hydrogen (secondary N) is 1. The van der Waals surface area contributed by atoms with Crippen molar-refractivity contribution in [2.75, 3.05) is 86.1 Å². The zero-order valence-electron chi connectivity index (χ0n) is 86.2. The van der Waals surface area contributed by atoms with Gasteiger partial charge in [0.05, 0.1) is 0 Å². The molecule has 1 N–H and O–H groups in total. The molecule has 17 rings (SSSR count). The molecule has 0 saturated heterocycles. The fraction of sp³-hybridized carbons (Fsp3) is 0.417. The number of hydrogen-bond acceptors (Lipinski definition) is 15. The third kappa shape index (κ3) is 24.1. The van der Waals surface area contributed by atoms with Gasteiger partial charge in [0.1, 0.15) is 0 Å². The minimum Gasteiger partial charge on any atom is -0.340 e. The Morgan fingerprint density at radius 2 is 0.500 bits per heavy atom. The summed E-state index contributed by atoms with van der Waals surface area (Å²) in [5.74, 6) is 2.01. The minimum atomic E-state index is 0.0481. The summed E-state index contributed by atoms with van der Waals surface area (Å²) < 4.78 is 11.6. The number of hydrogen-bond donors (Lipinski definition) is 1. The van der Waals surface area contributed by atoms with E-state index < -0.39 is 0 Å². The number of carbonyl (C=O) groups is 10. The smallest absolute Gasteiger partial charge is 0.165 e. The van der Waals surface area contributed by atoms with Crippen LogP contribution in [0.2, 0.25) is 0 Å². The highest BCUT2D eigenvalue weighted by Gasteiger charge is 2.33. The lowest BCUT2D eigenvalue weighted by atomic mass is 10.0. The van der Waals surface area contributed by atoms with Gasteiger partial charge in [-0.15, -0.1) is 0 Å². The Morgan fingerprint density at radius 3 is 0.714 bits per heavy atom. The molecular weight excluding hydrogens is 1740 g/mol. The molecule has 20 nitrogen and oxygen atoms in total. The van der Waals surface area contributed by atoms with Crippen molar-refractivity contribution in [1.29, 1.82) is 0 Å². The van der Waals surface area contributed by atoms with Crippen LogP contribution in [-0.4, -0.2) is 192 Å². The fourth-order valence-electron chi connectivity index (χ4n) is 19.6. The number of likely N-dealkylation sites (N-methyl/N-ethyl adjacent to an activating group) is 3. The van der Waals surface area contributed by atoms with Gasteiger partial charge in [-0.2, -0.15) is 0 Å². The molecule has 0 amide bonds. The number of carbonyl (C=O) groups excluding carboxylic acids is 10. The van der Waals surface area contributed by atoms with Crippen LogP contribution in [0.1, 0.15) is 298 Å². The Morgan fingerprint density at radius 1 is 0.286 bits per heavy atom. The number of aryl methyl sites for hydroxylation is 1. The lowest BCUT2D eigenvalue weighted by Gasteiger charge is -2.19. The van der Waals surface area contributed by atoms with Crippen LogP contribution in [0.3, 0.4) is 0 Å². The van der Waals surface area contributed by atoms with Crippen LogP contribution in [-0.2, 0) is 32.7 Å². The van der Waals surface area contributed by atoms with E-state index >= 15 is 0 Å². The molecule has 140 heavy (non-hydrogen) atoms. The standard InChI is InChI=1S/C26H30N2O2.C26H34N2O2.C24H30N2O2.C23H28N2O2.C21H24N2O2/c1-3-27(4-2)13-14-28-23-11-9-19(25(29)17-5-6-17)15-21(23)22-16-20(10-12-24(22)28)26(30)18-7-8-18;1-5-9-25(29)19-11-13-23-21(17-19)22-18-20(26(30)10-6-2)12-14-24(22)28(23)16-15-27(7-3)8-4;1-5-23(27)17-9-11-21-19(15-17)20-16-18(24(28)6-2)10-12-22(20)26(21)14-13-25(7-3)8-4;1-5-22(26)16-8-10-20-18(14-16)19-15-17(23(27)6-2)9-11-21(19)25(20)13-7-12-24(3)4;1-13(2)22-9-10-23-20-7-5-16(14(3)24)11-18(20)19-12-17(15(4)25)6-8-21(19)23/h9-12,15-18H,3-8,13-14H2,1-2H3;11-14,17-18H,5-10,15-16H2,1-4H3;9-12,15-16H,5-8,13-14H2,1-4H3;8-11,14-15H,5-7,12-13H2,1-4H3;5-8,11-13,22H,9-10H2,1-4H3. The van der Waals surface area contributed by atoms with Gasteiger partial charge in [0.25, 0.3) is 0 Å². The van der Waals surface area contributed by atoms with Crippen LogP contribution in [0.4, 0.5) is 0 Å². The molecule has 0 atom stereocenters. The van der Waals surface area contributed by atoms with Crippen molar-refractivity contribution in [2.45, 2.75) is 233 Å². The highest BCUT2D eigenvalue weighted by Crippen LogP contribution is 2.41. The first-order valence-electron chi connectivity index (χ1n) is 51.7. The molecule has 2 aliphatic rings. The molecule has 0 unspecified atom stereocenters. The topological polar surface area (TPSA) is 220 Å². The van der Waals surface area contributed by atoms with E-state index in [1.807, 2.05) is 163 Å². The van der Waals surface area contributed by atoms with Gasteiger partial charge in [0.15, 0.2) is 57.8 Å². The van der Waals surface area contributed by atoms with Crippen molar-refractivity contribution in [2.24, 2.45) is 11.8 Å². The van der Waals surface area contributed by atoms with E-state index in [9.17, 15) is 47.9 Å². The maximum absolute atomic E-state index is 12.7.